The molecule has 5 nitrogen and oxygen atoms in total. The molecule has 6 heteroatoms. The van der Waals surface area contributed by atoms with Crippen molar-refractivity contribution in [1.82, 2.24) is 5.32 Å². The lowest BCUT2D eigenvalue weighted by atomic mass is 10.0. The molecule has 0 unspecified atom stereocenters. The molecule has 1 amide bonds. The molecule has 0 radical (unpaired) electrons. The SMILES string of the molecule is Cc1ccc([C@H](C)NC(=O)c2ccc(NS(C)(=O)=O)cc2)cc1C. The number of hydrogen-bond donors (Lipinski definition) is 2. The number of carbonyl (C=O) groups is 1. The number of hydrogen-bond acceptors (Lipinski definition) is 3. The van der Waals surface area contributed by atoms with Crippen molar-refractivity contribution in [2.24, 2.45) is 0 Å². The van der Waals surface area contributed by atoms with Gasteiger partial charge in [0, 0.05) is 11.3 Å². The third-order valence-electron chi connectivity index (χ3n) is 3.83. The lowest BCUT2D eigenvalue weighted by molar-refractivity contribution is 0.0940. The molecule has 2 aromatic carbocycles. The van der Waals surface area contributed by atoms with Crippen LogP contribution < -0.4 is 10.0 Å². The van der Waals surface area contributed by atoms with Gasteiger partial charge in [0.05, 0.1) is 12.3 Å². The largest absolute Gasteiger partial charge is 0.346 e. The number of sulfonamides is 1. The van der Waals surface area contributed by atoms with Crippen molar-refractivity contribution in [3.8, 4) is 0 Å². The highest BCUT2D eigenvalue weighted by atomic mass is 32.2. The predicted octanol–water partition coefficient (Wildman–Crippen LogP) is 3.17. The third-order valence-corrected chi connectivity index (χ3v) is 4.44. The van der Waals surface area contributed by atoms with Crippen molar-refractivity contribution in [2.45, 2.75) is 26.8 Å². The Labute approximate surface area is 143 Å². The summed E-state index contributed by atoms with van der Waals surface area (Å²) in [5.41, 5.74) is 4.35. The highest BCUT2D eigenvalue weighted by molar-refractivity contribution is 7.92. The molecule has 0 aromatic heterocycles. The van der Waals surface area contributed by atoms with Crippen LogP contribution in [0.5, 0.6) is 0 Å². The van der Waals surface area contributed by atoms with E-state index in [0.29, 0.717) is 11.3 Å². The maximum Gasteiger partial charge on any atom is 0.251 e. The van der Waals surface area contributed by atoms with Crippen LogP contribution in [-0.2, 0) is 10.0 Å². The van der Waals surface area contributed by atoms with Crippen LogP contribution >= 0.6 is 0 Å². The molecular weight excluding hydrogens is 324 g/mol. The van der Waals surface area contributed by atoms with Crippen LogP contribution in [0, 0.1) is 13.8 Å². The number of nitrogens with one attached hydrogen (secondary N) is 2. The second-order valence-corrected chi connectivity index (χ2v) is 7.74. The Morgan fingerprint density at radius 1 is 1.00 bits per heavy atom. The van der Waals surface area contributed by atoms with Crippen LogP contribution in [0.4, 0.5) is 5.69 Å². The Morgan fingerprint density at radius 3 is 2.17 bits per heavy atom. The maximum absolute atomic E-state index is 12.3. The fraction of sp³-hybridized carbons (Fsp3) is 0.278. The van der Waals surface area contributed by atoms with E-state index in [1.165, 1.54) is 11.1 Å². The van der Waals surface area contributed by atoms with Crippen LogP contribution in [0.2, 0.25) is 0 Å². The summed E-state index contributed by atoms with van der Waals surface area (Å²) in [5.74, 6) is -0.202. The molecule has 2 rings (SSSR count). The maximum atomic E-state index is 12.3. The lowest BCUT2D eigenvalue weighted by Crippen LogP contribution is -2.26. The Kier molecular flexibility index (Phi) is 5.29. The van der Waals surface area contributed by atoms with Crippen LogP contribution in [0.25, 0.3) is 0 Å². The molecule has 0 spiro atoms. The summed E-state index contributed by atoms with van der Waals surface area (Å²) in [6.45, 7) is 6.02. The Balaban J connectivity index is 2.07. The molecule has 0 saturated heterocycles. The molecular formula is C18H22N2O3S. The van der Waals surface area contributed by atoms with Crippen molar-refractivity contribution in [3.05, 3.63) is 64.7 Å². The number of aryl methyl sites for hydroxylation is 2. The van der Waals surface area contributed by atoms with Gasteiger partial charge in [-0.25, -0.2) is 8.42 Å². The molecule has 1 atom stereocenters. The molecule has 0 aliphatic heterocycles. The van der Waals surface area contributed by atoms with E-state index in [1.54, 1.807) is 24.3 Å². The van der Waals surface area contributed by atoms with Crippen LogP contribution in [0.15, 0.2) is 42.5 Å². The van der Waals surface area contributed by atoms with E-state index in [0.717, 1.165) is 11.8 Å². The van der Waals surface area contributed by atoms with E-state index in [4.69, 9.17) is 0 Å². The first-order chi connectivity index (χ1) is 11.2. The molecule has 0 fully saturated rings. The van der Waals surface area contributed by atoms with Crippen LogP contribution in [-0.4, -0.2) is 20.6 Å². The second-order valence-electron chi connectivity index (χ2n) is 5.99. The summed E-state index contributed by atoms with van der Waals surface area (Å²) >= 11 is 0. The first-order valence-electron chi connectivity index (χ1n) is 7.61. The molecule has 0 heterocycles. The third kappa shape index (κ3) is 4.83. The quantitative estimate of drug-likeness (QED) is 0.873. The highest BCUT2D eigenvalue weighted by Gasteiger charge is 2.12. The van der Waals surface area contributed by atoms with E-state index in [2.05, 4.69) is 23.0 Å². The monoisotopic (exact) mass is 346 g/mol. The van der Waals surface area contributed by atoms with E-state index in [1.807, 2.05) is 26.0 Å². The molecule has 0 aliphatic carbocycles. The smallest absolute Gasteiger partial charge is 0.251 e. The van der Waals surface area contributed by atoms with Gasteiger partial charge in [-0.05, 0) is 61.7 Å². The van der Waals surface area contributed by atoms with Gasteiger partial charge < -0.3 is 5.32 Å². The minimum atomic E-state index is -3.32. The van der Waals surface area contributed by atoms with Gasteiger partial charge in [0.15, 0.2) is 0 Å². The van der Waals surface area contributed by atoms with E-state index in [-0.39, 0.29) is 11.9 Å². The first kappa shape index (κ1) is 18.0. The normalized spacial score (nSPS) is 12.5. The molecule has 24 heavy (non-hydrogen) atoms. The summed E-state index contributed by atoms with van der Waals surface area (Å²) in [4.78, 5) is 12.3. The van der Waals surface area contributed by atoms with Gasteiger partial charge in [-0.3, -0.25) is 9.52 Å². The van der Waals surface area contributed by atoms with Crippen molar-refractivity contribution in [1.29, 1.82) is 0 Å². The van der Waals surface area contributed by atoms with Crippen molar-refractivity contribution >= 4 is 21.6 Å². The van der Waals surface area contributed by atoms with Crippen molar-refractivity contribution in [2.75, 3.05) is 11.0 Å². The van der Waals surface area contributed by atoms with E-state index >= 15 is 0 Å². The van der Waals surface area contributed by atoms with Crippen LogP contribution in [0.1, 0.15) is 40.0 Å². The second kappa shape index (κ2) is 7.05. The Hall–Kier alpha value is -2.34. The number of carbonyl (C=O) groups excluding carboxylic acids is 1. The summed E-state index contributed by atoms with van der Waals surface area (Å²) < 4.78 is 24.7. The number of benzene rings is 2. The minimum Gasteiger partial charge on any atom is -0.346 e. The van der Waals surface area contributed by atoms with Gasteiger partial charge >= 0.3 is 0 Å². The standard InChI is InChI=1S/C18H22N2O3S/c1-12-5-6-16(11-13(12)2)14(3)19-18(21)15-7-9-17(10-8-15)20-24(4,22)23/h5-11,14,20H,1-4H3,(H,19,21)/t14-/m0/s1. The highest BCUT2D eigenvalue weighted by Crippen LogP contribution is 2.18. The van der Waals surface area contributed by atoms with Gasteiger partial charge in [-0.15, -0.1) is 0 Å². The zero-order valence-corrected chi connectivity index (χ0v) is 15.1. The van der Waals surface area contributed by atoms with Crippen LogP contribution in [0.3, 0.4) is 0 Å². The fourth-order valence-corrected chi connectivity index (χ4v) is 2.87. The van der Waals surface area contributed by atoms with E-state index in [9.17, 15) is 13.2 Å². The lowest BCUT2D eigenvalue weighted by Gasteiger charge is -2.16. The molecule has 128 valence electrons. The van der Waals surface area contributed by atoms with Gasteiger partial charge in [0.1, 0.15) is 0 Å². The van der Waals surface area contributed by atoms with Gasteiger partial charge in [-0.1, -0.05) is 18.2 Å². The number of anilines is 1. The molecule has 2 aromatic rings. The van der Waals surface area contributed by atoms with Crippen molar-refractivity contribution in [3.63, 3.8) is 0 Å². The summed E-state index contributed by atoms with van der Waals surface area (Å²) in [6.07, 6.45) is 1.08. The summed E-state index contributed by atoms with van der Waals surface area (Å²) in [6, 6.07) is 12.3. The van der Waals surface area contributed by atoms with E-state index < -0.39 is 10.0 Å². The Bertz CT molecular complexity index is 843. The average molecular weight is 346 g/mol. The first-order valence-corrected chi connectivity index (χ1v) is 9.51. The zero-order valence-electron chi connectivity index (χ0n) is 14.3. The number of amides is 1. The summed E-state index contributed by atoms with van der Waals surface area (Å²) in [7, 11) is -3.32. The Morgan fingerprint density at radius 2 is 1.62 bits per heavy atom. The minimum absolute atomic E-state index is 0.120. The molecule has 0 aliphatic rings. The molecule has 0 bridgehead atoms. The van der Waals surface area contributed by atoms with Crippen molar-refractivity contribution < 1.29 is 13.2 Å². The van der Waals surface area contributed by atoms with Gasteiger partial charge in [-0.2, -0.15) is 0 Å². The average Bonchev–Trinajstić information content (AvgIpc) is 2.49. The molecule has 2 N–H and O–H groups in total. The predicted molar refractivity (Wildman–Crippen MR) is 96.7 cm³/mol. The van der Waals surface area contributed by atoms with Gasteiger partial charge in [0.2, 0.25) is 10.0 Å². The topological polar surface area (TPSA) is 75.3 Å². The number of rotatable bonds is 5. The zero-order chi connectivity index (χ0) is 17.9. The molecule has 0 saturated carbocycles. The van der Waals surface area contributed by atoms with Gasteiger partial charge in [0.25, 0.3) is 5.91 Å². The summed E-state index contributed by atoms with van der Waals surface area (Å²) in [5, 5.41) is 2.95. The fourth-order valence-electron chi connectivity index (χ4n) is 2.30.